The predicted molar refractivity (Wildman–Crippen MR) is 82.8 cm³/mol. The van der Waals surface area contributed by atoms with Gasteiger partial charge < -0.3 is 5.11 Å². The Bertz CT molecular complexity index is 595. The summed E-state index contributed by atoms with van der Waals surface area (Å²) in [6.07, 6.45) is 2.81. The summed E-state index contributed by atoms with van der Waals surface area (Å²) in [5.74, 6) is 0.339. The van der Waals surface area contributed by atoms with Gasteiger partial charge in [-0.3, -0.25) is 0 Å². The Hall–Kier alpha value is -1.60. The van der Waals surface area contributed by atoms with E-state index in [2.05, 4.69) is 50.2 Å². The molecular weight excluding hydrogens is 244 g/mol. The summed E-state index contributed by atoms with van der Waals surface area (Å²) < 4.78 is 0. The summed E-state index contributed by atoms with van der Waals surface area (Å²) in [6.45, 7) is 4.28. The lowest BCUT2D eigenvalue weighted by Gasteiger charge is -2.30. The minimum atomic E-state index is -0.319. The smallest absolute Gasteiger partial charge is 0.0824 e. The van der Waals surface area contributed by atoms with Gasteiger partial charge in [-0.05, 0) is 55.7 Å². The second-order valence-electron chi connectivity index (χ2n) is 6.14. The number of aryl methyl sites for hydroxylation is 3. The highest BCUT2D eigenvalue weighted by Crippen LogP contribution is 2.36. The van der Waals surface area contributed by atoms with Crippen LogP contribution in [0, 0.1) is 19.8 Å². The van der Waals surface area contributed by atoms with Crippen LogP contribution < -0.4 is 0 Å². The highest BCUT2D eigenvalue weighted by Gasteiger charge is 2.27. The topological polar surface area (TPSA) is 20.2 Å². The molecule has 104 valence electrons. The van der Waals surface area contributed by atoms with Crippen LogP contribution >= 0.6 is 0 Å². The van der Waals surface area contributed by atoms with Crippen LogP contribution in [0.2, 0.25) is 0 Å². The van der Waals surface area contributed by atoms with Gasteiger partial charge in [-0.2, -0.15) is 0 Å². The maximum Gasteiger partial charge on any atom is 0.0824 e. The lowest BCUT2D eigenvalue weighted by atomic mass is 9.78. The second kappa shape index (κ2) is 5.41. The Morgan fingerprint density at radius 2 is 1.75 bits per heavy atom. The van der Waals surface area contributed by atoms with Gasteiger partial charge in [0.05, 0.1) is 6.10 Å². The fraction of sp³-hybridized carbons (Fsp3) is 0.368. The summed E-state index contributed by atoms with van der Waals surface area (Å²) in [4.78, 5) is 0. The molecule has 0 aromatic heterocycles. The Labute approximate surface area is 121 Å². The van der Waals surface area contributed by atoms with E-state index in [1.807, 2.05) is 6.07 Å². The fourth-order valence-corrected chi connectivity index (χ4v) is 3.51. The van der Waals surface area contributed by atoms with Crippen molar-refractivity contribution >= 4 is 0 Å². The zero-order valence-corrected chi connectivity index (χ0v) is 12.3. The first-order chi connectivity index (χ1) is 9.63. The van der Waals surface area contributed by atoms with E-state index in [0.717, 1.165) is 24.8 Å². The van der Waals surface area contributed by atoms with Gasteiger partial charge in [0, 0.05) is 0 Å². The van der Waals surface area contributed by atoms with Gasteiger partial charge in [0.15, 0.2) is 0 Å². The molecule has 2 unspecified atom stereocenters. The van der Waals surface area contributed by atoms with E-state index < -0.39 is 0 Å². The van der Waals surface area contributed by atoms with Crippen LogP contribution in [0.5, 0.6) is 0 Å². The summed E-state index contributed by atoms with van der Waals surface area (Å²) in [5.41, 5.74) is 6.42. The third-order valence-corrected chi connectivity index (χ3v) is 4.38. The molecule has 1 aliphatic rings. The van der Waals surface area contributed by atoms with E-state index in [0.29, 0.717) is 5.92 Å². The third kappa shape index (κ3) is 2.64. The maximum atomic E-state index is 10.6. The maximum absolute atomic E-state index is 10.6. The minimum Gasteiger partial charge on any atom is -0.388 e. The molecule has 0 fully saturated rings. The Morgan fingerprint density at radius 3 is 2.50 bits per heavy atom. The molecule has 1 N–H and O–H groups in total. The van der Waals surface area contributed by atoms with E-state index in [1.165, 1.54) is 22.3 Å². The summed E-state index contributed by atoms with van der Waals surface area (Å²) in [7, 11) is 0. The Morgan fingerprint density at radius 1 is 1.05 bits per heavy atom. The molecule has 1 aliphatic carbocycles. The van der Waals surface area contributed by atoms with Crippen molar-refractivity contribution in [3.05, 3.63) is 70.3 Å². The molecular formula is C19H22O. The normalized spacial score (nSPS) is 21.6. The highest BCUT2D eigenvalue weighted by molar-refractivity contribution is 5.33. The van der Waals surface area contributed by atoms with Crippen LogP contribution in [0.3, 0.4) is 0 Å². The number of benzene rings is 2. The molecule has 0 heterocycles. The van der Waals surface area contributed by atoms with Gasteiger partial charge in [-0.25, -0.2) is 0 Å². The fourth-order valence-electron chi connectivity index (χ4n) is 3.51. The number of fused-ring (bicyclic) bond motifs is 1. The van der Waals surface area contributed by atoms with Crippen molar-refractivity contribution < 1.29 is 5.11 Å². The van der Waals surface area contributed by atoms with Crippen molar-refractivity contribution in [2.24, 2.45) is 5.92 Å². The molecule has 0 bridgehead atoms. The van der Waals surface area contributed by atoms with Crippen molar-refractivity contribution in [3.8, 4) is 0 Å². The second-order valence-corrected chi connectivity index (χ2v) is 6.14. The van der Waals surface area contributed by atoms with Crippen molar-refractivity contribution in [3.63, 3.8) is 0 Å². The monoisotopic (exact) mass is 266 g/mol. The molecule has 0 saturated heterocycles. The zero-order valence-electron chi connectivity index (χ0n) is 12.3. The van der Waals surface area contributed by atoms with Crippen molar-refractivity contribution in [2.45, 2.75) is 39.2 Å². The van der Waals surface area contributed by atoms with Crippen LogP contribution in [0.4, 0.5) is 0 Å². The van der Waals surface area contributed by atoms with Gasteiger partial charge >= 0.3 is 0 Å². The zero-order chi connectivity index (χ0) is 14.1. The predicted octanol–water partition coefficient (Wildman–Crippen LogP) is 4.14. The number of hydrogen-bond donors (Lipinski definition) is 1. The van der Waals surface area contributed by atoms with Crippen LogP contribution in [0.1, 0.15) is 40.3 Å². The Kier molecular flexibility index (Phi) is 3.62. The van der Waals surface area contributed by atoms with Gasteiger partial charge in [0.1, 0.15) is 0 Å². The number of aliphatic hydroxyl groups is 1. The average Bonchev–Trinajstić information content (AvgIpc) is 2.41. The van der Waals surface area contributed by atoms with Crippen molar-refractivity contribution in [1.82, 2.24) is 0 Å². The molecule has 0 amide bonds. The van der Waals surface area contributed by atoms with E-state index in [1.54, 1.807) is 0 Å². The third-order valence-electron chi connectivity index (χ3n) is 4.38. The highest BCUT2D eigenvalue weighted by atomic mass is 16.3. The molecule has 20 heavy (non-hydrogen) atoms. The van der Waals surface area contributed by atoms with Crippen LogP contribution in [-0.2, 0) is 12.8 Å². The van der Waals surface area contributed by atoms with E-state index in [4.69, 9.17) is 0 Å². The number of aliphatic hydroxyl groups excluding tert-OH is 1. The molecule has 2 aromatic rings. The molecule has 2 aromatic carbocycles. The van der Waals surface area contributed by atoms with Gasteiger partial charge in [0.2, 0.25) is 0 Å². The van der Waals surface area contributed by atoms with Gasteiger partial charge in [0.25, 0.3) is 0 Å². The summed E-state index contributed by atoms with van der Waals surface area (Å²) in [5, 5.41) is 10.6. The van der Waals surface area contributed by atoms with Crippen LogP contribution in [-0.4, -0.2) is 5.11 Å². The quantitative estimate of drug-likeness (QED) is 0.866. The van der Waals surface area contributed by atoms with Gasteiger partial charge in [-0.15, -0.1) is 0 Å². The molecule has 0 radical (unpaired) electrons. The largest absolute Gasteiger partial charge is 0.388 e. The molecule has 0 spiro atoms. The first kappa shape index (κ1) is 13.4. The van der Waals surface area contributed by atoms with Crippen LogP contribution in [0.15, 0.2) is 42.5 Å². The average molecular weight is 266 g/mol. The number of rotatable bonds is 2. The van der Waals surface area contributed by atoms with E-state index >= 15 is 0 Å². The molecule has 1 nitrogen and oxygen atoms in total. The van der Waals surface area contributed by atoms with Crippen molar-refractivity contribution in [1.29, 1.82) is 0 Å². The van der Waals surface area contributed by atoms with Gasteiger partial charge in [-0.1, -0.05) is 53.6 Å². The van der Waals surface area contributed by atoms with Crippen molar-refractivity contribution in [2.75, 3.05) is 0 Å². The first-order valence-electron chi connectivity index (χ1n) is 7.46. The van der Waals surface area contributed by atoms with Crippen LogP contribution in [0.25, 0.3) is 0 Å². The molecule has 0 saturated carbocycles. The SMILES string of the molecule is Cc1cc(C)cc(CC2CCc3ccccc3C2O)c1. The molecule has 1 heteroatoms. The molecule has 2 atom stereocenters. The Balaban J connectivity index is 1.82. The summed E-state index contributed by atoms with van der Waals surface area (Å²) >= 11 is 0. The lowest BCUT2D eigenvalue weighted by Crippen LogP contribution is -2.22. The molecule has 3 rings (SSSR count). The first-order valence-corrected chi connectivity index (χ1v) is 7.46. The lowest BCUT2D eigenvalue weighted by molar-refractivity contribution is 0.0936. The molecule has 0 aliphatic heterocycles. The van der Waals surface area contributed by atoms with E-state index in [9.17, 15) is 5.11 Å². The van der Waals surface area contributed by atoms with E-state index in [-0.39, 0.29) is 6.10 Å². The number of hydrogen-bond acceptors (Lipinski definition) is 1. The standard InChI is InChI=1S/C19H22O/c1-13-9-14(2)11-15(10-13)12-17-8-7-16-5-3-4-6-18(16)19(17)20/h3-6,9-11,17,19-20H,7-8,12H2,1-2H3. The summed E-state index contributed by atoms with van der Waals surface area (Å²) in [6, 6.07) is 15.0. The minimum absolute atomic E-state index is 0.319.